The molecule has 1 atom stereocenters. The second-order valence-electron chi connectivity index (χ2n) is 6.25. The van der Waals surface area contributed by atoms with E-state index in [1.54, 1.807) is 10.4 Å². The SMILES string of the molecule is CC(C)N(CCNC1CCCc2sc(I)cc21)C(C)C. The Morgan fingerprint density at radius 3 is 2.70 bits per heavy atom. The second kappa shape index (κ2) is 7.56. The number of halogens is 1. The minimum Gasteiger partial charge on any atom is -0.309 e. The molecule has 1 unspecified atom stereocenters. The molecule has 1 heterocycles. The molecule has 0 fully saturated rings. The zero-order valence-electron chi connectivity index (χ0n) is 13.1. The fraction of sp³-hybridized carbons (Fsp3) is 0.750. The molecule has 2 nitrogen and oxygen atoms in total. The third-order valence-corrected chi connectivity index (χ3v) is 6.14. The van der Waals surface area contributed by atoms with Gasteiger partial charge in [-0.3, -0.25) is 4.90 Å². The lowest BCUT2D eigenvalue weighted by molar-refractivity contribution is 0.173. The maximum Gasteiger partial charge on any atom is 0.0659 e. The van der Waals surface area contributed by atoms with Crippen molar-refractivity contribution in [3.8, 4) is 0 Å². The van der Waals surface area contributed by atoms with Gasteiger partial charge in [-0.25, -0.2) is 0 Å². The van der Waals surface area contributed by atoms with Crippen LogP contribution in [0.3, 0.4) is 0 Å². The van der Waals surface area contributed by atoms with E-state index in [1.165, 1.54) is 22.1 Å². The van der Waals surface area contributed by atoms with Crippen molar-refractivity contribution in [2.75, 3.05) is 13.1 Å². The molecule has 20 heavy (non-hydrogen) atoms. The van der Waals surface area contributed by atoms with Crippen LogP contribution in [0.1, 0.15) is 57.0 Å². The van der Waals surface area contributed by atoms with Crippen molar-refractivity contribution in [1.29, 1.82) is 0 Å². The molecular weight excluding hydrogens is 379 g/mol. The van der Waals surface area contributed by atoms with E-state index in [0.29, 0.717) is 18.1 Å². The Hall–Kier alpha value is 0.350. The number of fused-ring (bicyclic) bond motifs is 1. The Morgan fingerprint density at radius 1 is 1.35 bits per heavy atom. The summed E-state index contributed by atoms with van der Waals surface area (Å²) in [5.41, 5.74) is 1.58. The largest absolute Gasteiger partial charge is 0.309 e. The summed E-state index contributed by atoms with van der Waals surface area (Å²) < 4.78 is 1.44. The first-order valence-corrected chi connectivity index (χ1v) is 9.65. The van der Waals surface area contributed by atoms with Crippen LogP contribution in [-0.2, 0) is 6.42 Å². The third kappa shape index (κ3) is 4.18. The number of hydrogen-bond donors (Lipinski definition) is 1. The number of hydrogen-bond acceptors (Lipinski definition) is 3. The number of rotatable bonds is 6. The first-order valence-electron chi connectivity index (χ1n) is 7.76. The van der Waals surface area contributed by atoms with Crippen LogP contribution in [0, 0.1) is 2.88 Å². The Bertz CT molecular complexity index is 420. The predicted molar refractivity (Wildman–Crippen MR) is 97.7 cm³/mol. The smallest absolute Gasteiger partial charge is 0.0659 e. The van der Waals surface area contributed by atoms with Gasteiger partial charge in [-0.05, 0) is 81.2 Å². The molecule has 1 aliphatic carbocycles. The first kappa shape index (κ1) is 16.7. The monoisotopic (exact) mass is 406 g/mol. The van der Waals surface area contributed by atoms with Crippen molar-refractivity contribution in [1.82, 2.24) is 10.2 Å². The summed E-state index contributed by atoms with van der Waals surface area (Å²) in [6.07, 6.45) is 3.91. The van der Waals surface area contributed by atoms with Crippen molar-refractivity contribution in [3.05, 3.63) is 19.4 Å². The Balaban J connectivity index is 1.89. The van der Waals surface area contributed by atoms with E-state index in [2.05, 4.69) is 66.6 Å². The lowest BCUT2D eigenvalue weighted by atomic mass is 9.94. The van der Waals surface area contributed by atoms with E-state index < -0.39 is 0 Å². The standard InChI is InChI=1S/C16H27IN2S/c1-11(2)19(12(3)4)9-8-18-14-6-5-7-15-13(14)10-16(17)20-15/h10-12,14,18H,5-9H2,1-4H3. The molecule has 0 aliphatic heterocycles. The van der Waals surface area contributed by atoms with E-state index in [1.807, 2.05) is 11.3 Å². The summed E-state index contributed by atoms with van der Waals surface area (Å²) in [6, 6.07) is 4.22. The van der Waals surface area contributed by atoms with Crippen LogP contribution in [-0.4, -0.2) is 30.1 Å². The summed E-state index contributed by atoms with van der Waals surface area (Å²) in [6.45, 7) is 11.4. The van der Waals surface area contributed by atoms with Gasteiger partial charge in [0.25, 0.3) is 0 Å². The zero-order chi connectivity index (χ0) is 14.7. The highest BCUT2D eigenvalue weighted by atomic mass is 127. The lowest BCUT2D eigenvalue weighted by Gasteiger charge is -2.32. The van der Waals surface area contributed by atoms with Crippen LogP contribution in [0.15, 0.2) is 6.07 Å². The average molecular weight is 406 g/mol. The molecule has 0 spiro atoms. The lowest BCUT2D eigenvalue weighted by Crippen LogP contribution is -2.42. The molecule has 0 radical (unpaired) electrons. The van der Waals surface area contributed by atoms with E-state index in [9.17, 15) is 0 Å². The van der Waals surface area contributed by atoms with Crippen LogP contribution in [0.2, 0.25) is 0 Å². The number of thiophene rings is 1. The van der Waals surface area contributed by atoms with Crippen LogP contribution in [0.25, 0.3) is 0 Å². The molecular formula is C16H27IN2S. The van der Waals surface area contributed by atoms with Crippen molar-refractivity contribution in [3.63, 3.8) is 0 Å². The van der Waals surface area contributed by atoms with Crippen molar-refractivity contribution < 1.29 is 0 Å². The molecule has 2 rings (SSSR count). The van der Waals surface area contributed by atoms with Gasteiger partial charge in [-0.1, -0.05) is 0 Å². The van der Waals surface area contributed by atoms with Crippen LogP contribution >= 0.6 is 33.9 Å². The van der Waals surface area contributed by atoms with Gasteiger partial charge in [0.15, 0.2) is 0 Å². The Morgan fingerprint density at radius 2 is 2.05 bits per heavy atom. The maximum atomic E-state index is 3.79. The summed E-state index contributed by atoms with van der Waals surface area (Å²) in [7, 11) is 0. The molecule has 0 saturated heterocycles. The maximum absolute atomic E-state index is 3.79. The topological polar surface area (TPSA) is 15.3 Å². The zero-order valence-corrected chi connectivity index (χ0v) is 16.1. The fourth-order valence-electron chi connectivity index (χ4n) is 3.21. The quantitative estimate of drug-likeness (QED) is 0.703. The van der Waals surface area contributed by atoms with Gasteiger partial charge in [0, 0.05) is 36.1 Å². The summed E-state index contributed by atoms with van der Waals surface area (Å²) in [4.78, 5) is 4.18. The van der Waals surface area contributed by atoms with Crippen molar-refractivity contribution in [2.24, 2.45) is 0 Å². The second-order valence-corrected chi connectivity index (χ2v) is 9.28. The third-order valence-electron chi connectivity index (χ3n) is 4.17. The van der Waals surface area contributed by atoms with E-state index in [-0.39, 0.29) is 0 Å². The summed E-state index contributed by atoms with van der Waals surface area (Å²) in [5, 5.41) is 3.79. The van der Waals surface area contributed by atoms with Crippen LogP contribution in [0.5, 0.6) is 0 Å². The van der Waals surface area contributed by atoms with Gasteiger partial charge in [0.1, 0.15) is 0 Å². The molecule has 0 bridgehead atoms. The fourth-order valence-corrected chi connectivity index (χ4v) is 5.33. The molecule has 1 N–H and O–H groups in total. The Kier molecular flexibility index (Phi) is 6.32. The average Bonchev–Trinajstić information content (AvgIpc) is 2.74. The Labute approximate surface area is 141 Å². The van der Waals surface area contributed by atoms with Crippen LogP contribution in [0.4, 0.5) is 0 Å². The van der Waals surface area contributed by atoms with Gasteiger partial charge < -0.3 is 5.32 Å². The number of nitrogens with one attached hydrogen (secondary N) is 1. The summed E-state index contributed by atoms with van der Waals surface area (Å²) >= 11 is 4.44. The normalized spacial score (nSPS) is 19.1. The first-order chi connectivity index (χ1) is 9.49. The van der Waals surface area contributed by atoms with Gasteiger partial charge >= 0.3 is 0 Å². The van der Waals surface area contributed by atoms with Crippen molar-refractivity contribution >= 4 is 33.9 Å². The highest BCUT2D eigenvalue weighted by Gasteiger charge is 2.22. The molecule has 1 aliphatic rings. The van der Waals surface area contributed by atoms with E-state index in [4.69, 9.17) is 0 Å². The van der Waals surface area contributed by atoms with Crippen molar-refractivity contribution in [2.45, 2.75) is 65.1 Å². The van der Waals surface area contributed by atoms with Gasteiger partial charge in [0.05, 0.1) is 2.88 Å². The highest BCUT2D eigenvalue weighted by molar-refractivity contribution is 14.1. The van der Waals surface area contributed by atoms with Gasteiger partial charge in [-0.15, -0.1) is 11.3 Å². The summed E-state index contributed by atoms with van der Waals surface area (Å²) in [5.74, 6) is 0. The molecule has 4 heteroatoms. The van der Waals surface area contributed by atoms with Crippen LogP contribution < -0.4 is 5.32 Å². The number of aryl methyl sites for hydroxylation is 1. The molecule has 1 aromatic rings. The molecule has 0 amide bonds. The molecule has 114 valence electrons. The predicted octanol–water partition coefficient (Wildman–Crippen LogP) is 4.44. The van der Waals surface area contributed by atoms with Gasteiger partial charge in [-0.2, -0.15) is 0 Å². The van der Waals surface area contributed by atoms with E-state index >= 15 is 0 Å². The highest BCUT2D eigenvalue weighted by Crippen LogP contribution is 2.36. The number of nitrogens with zero attached hydrogens (tertiary/aromatic N) is 1. The molecule has 0 aromatic carbocycles. The van der Waals surface area contributed by atoms with E-state index in [0.717, 1.165) is 13.1 Å². The minimum atomic E-state index is 0.583. The molecule has 1 aromatic heterocycles. The minimum absolute atomic E-state index is 0.583. The molecule has 0 saturated carbocycles. The van der Waals surface area contributed by atoms with Gasteiger partial charge in [0.2, 0.25) is 0 Å².